The average Bonchev–Trinajstić information content (AvgIpc) is 2.52. The molecule has 1 aliphatic heterocycles. The Morgan fingerprint density at radius 3 is 3.08 bits per heavy atom. The van der Waals surface area contributed by atoms with Gasteiger partial charge in [-0.05, 0) is 12.1 Å². The van der Waals surface area contributed by atoms with Gasteiger partial charge < -0.3 is 11.1 Å². The number of amides is 2. The smallest absolute Gasteiger partial charge is 0.323 e. The van der Waals surface area contributed by atoms with Gasteiger partial charge in [0.25, 0.3) is 0 Å². The number of aromatic nitrogens is 1. The van der Waals surface area contributed by atoms with Gasteiger partial charge in [0.1, 0.15) is 0 Å². The van der Waals surface area contributed by atoms with Crippen molar-refractivity contribution >= 4 is 17.5 Å². The summed E-state index contributed by atoms with van der Waals surface area (Å²) < 4.78 is 0. The Balaban J connectivity index is 2.34. The Bertz CT molecular complexity index is 339. The fourth-order valence-electron chi connectivity index (χ4n) is 1.31. The number of hydrogen-bond acceptors (Lipinski definition) is 3. The van der Waals surface area contributed by atoms with E-state index in [-0.39, 0.29) is 6.03 Å². The predicted molar refractivity (Wildman–Crippen MR) is 49.4 cm³/mol. The summed E-state index contributed by atoms with van der Waals surface area (Å²) >= 11 is 0. The van der Waals surface area contributed by atoms with Crippen molar-refractivity contribution in [3.63, 3.8) is 0 Å². The molecule has 1 saturated heterocycles. The van der Waals surface area contributed by atoms with E-state index in [4.69, 9.17) is 5.73 Å². The van der Waals surface area contributed by atoms with Crippen molar-refractivity contribution in [2.24, 2.45) is 0 Å². The van der Waals surface area contributed by atoms with Crippen LogP contribution in [0.4, 0.5) is 16.3 Å². The SMILES string of the molecule is Nc1cccnc1N1CCNC1=O. The summed E-state index contributed by atoms with van der Waals surface area (Å²) in [7, 11) is 0. The van der Waals surface area contributed by atoms with Gasteiger partial charge in [-0.15, -0.1) is 0 Å². The zero-order valence-electron chi connectivity index (χ0n) is 7.03. The third-order valence-electron chi connectivity index (χ3n) is 1.93. The van der Waals surface area contributed by atoms with Crippen LogP contribution in [0.15, 0.2) is 18.3 Å². The Morgan fingerprint density at radius 2 is 2.46 bits per heavy atom. The quantitative estimate of drug-likeness (QED) is 0.645. The Kier molecular flexibility index (Phi) is 1.77. The van der Waals surface area contributed by atoms with Crippen LogP contribution in [0.5, 0.6) is 0 Å². The second-order valence-corrected chi connectivity index (χ2v) is 2.80. The molecule has 0 aliphatic carbocycles. The number of nitrogens with two attached hydrogens (primary N) is 1. The van der Waals surface area contributed by atoms with Crippen LogP contribution in [-0.2, 0) is 0 Å². The molecule has 1 aromatic rings. The van der Waals surface area contributed by atoms with Crippen molar-refractivity contribution < 1.29 is 4.79 Å². The summed E-state index contributed by atoms with van der Waals surface area (Å²) in [4.78, 5) is 16.8. The van der Waals surface area contributed by atoms with E-state index in [1.165, 1.54) is 4.90 Å². The Hall–Kier alpha value is -1.78. The zero-order valence-corrected chi connectivity index (χ0v) is 7.03. The largest absolute Gasteiger partial charge is 0.396 e. The van der Waals surface area contributed by atoms with E-state index in [1.54, 1.807) is 18.3 Å². The van der Waals surface area contributed by atoms with E-state index in [1.807, 2.05) is 0 Å². The normalized spacial score (nSPS) is 16.0. The molecule has 0 radical (unpaired) electrons. The molecule has 0 atom stereocenters. The van der Waals surface area contributed by atoms with Gasteiger partial charge in [0.2, 0.25) is 0 Å². The van der Waals surface area contributed by atoms with Crippen molar-refractivity contribution in [1.29, 1.82) is 0 Å². The monoisotopic (exact) mass is 178 g/mol. The van der Waals surface area contributed by atoms with Crippen LogP contribution < -0.4 is 16.0 Å². The van der Waals surface area contributed by atoms with Crippen molar-refractivity contribution in [2.45, 2.75) is 0 Å². The number of urea groups is 1. The molecule has 2 heterocycles. The number of nitrogen functional groups attached to an aromatic ring is 1. The van der Waals surface area contributed by atoms with Crippen molar-refractivity contribution in [2.75, 3.05) is 23.7 Å². The molecule has 0 bridgehead atoms. The lowest BCUT2D eigenvalue weighted by atomic mass is 10.4. The molecule has 5 nitrogen and oxygen atoms in total. The number of nitrogens with one attached hydrogen (secondary N) is 1. The Morgan fingerprint density at radius 1 is 1.62 bits per heavy atom. The molecule has 0 saturated carbocycles. The summed E-state index contributed by atoms with van der Waals surface area (Å²) in [5, 5.41) is 2.69. The van der Waals surface area contributed by atoms with E-state index < -0.39 is 0 Å². The van der Waals surface area contributed by atoms with Gasteiger partial charge in [-0.25, -0.2) is 9.78 Å². The molecule has 1 aliphatic rings. The van der Waals surface area contributed by atoms with Crippen LogP contribution in [0.1, 0.15) is 0 Å². The van der Waals surface area contributed by atoms with Gasteiger partial charge in [-0.2, -0.15) is 0 Å². The number of carbonyl (C=O) groups is 1. The first-order chi connectivity index (χ1) is 6.29. The number of carbonyl (C=O) groups excluding carboxylic acids is 1. The lowest BCUT2D eigenvalue weighted by Crippen LogP contribution is -2.29. The van der Waals surface area contributed by atoms with E-state index in [0.29, 0.717) is 24.6 Å². The summed E-state index contributed by atoms with van der Waals surface area (Å²) in [6, 6.07) is 3.34. The topological polar surface area (TPSA) is 71.2 Å². The molecule has 0 aromatic carbocycles. The molecule has 2 rings (SSSR count). The highest BCUT2D eigenvalue weighted by molar-refractivity contribution is 5.95. The summed E-state index contributed by atoms with van der Waals surface area (Å²) in [5.74, 6) is 0.539. The fraction of sp³-hybridized carbons (Fsp3) is 0.250. The van der Waals surface area contributed by atoms with E-state index in [0.717, 1.165) is 0 Å². The van der Waals surface area contributed by atoms with E-state index in [9.17, 15) is 4.79 Å². The molecular formula is C8H10N4O. The fourth-order valence-corrected chi connectivity index (χ4v) is 1.31. The average molecular weight is 178 g/mol. The van der Waals surface area contributed by atoms with E-state index in [2.05, 4.69) is 10.3 Å². The van der Waals surface area contributed by atoms with Gasteiger partial charge in [0.05, 0.1) is 5.69 Å². The first-order valence-electron chi connectivity index (χ1n) is 4.05. The lowest BCUT2D eigenvalue weighted by Gasteiger charge is -2.14. The predicted octanol–water partition coefficient (Wildman–Crippen LogP) is 0.193. The van der Waals surface area contributed by atoms with E-state index >= 15 is 0 Å². The standard InChI is InChI=1S/C8H10N4O/c9-6-2-1-3-10-7(6)12-5-4-11-8(12)13/h1-3H,4-5,9H2,(H,11,13). The number of anilines is 2. The maximum Gasteiger partial charge on any atom is 0.323 e. The van der Waals surface area contributed by atoms with Crippen LogP contribution in [0.2, 0.25) is 0 Å². The molecule has 1 fully saturated rings. The second kappa shape index (κ2) is 2.93. The van der Waals surface area contributed by atoms with Crippen molar-refractivity contribution in [3.8, 4) is 0 Å². The summed E-state index contributed by atoms with van der Waals surface area (Å²) in [6.45, 7) is 1.27. The highest BCUT2D eigenvalue weighted by Gasteiger charge is 2.23. The van der Waals surface area contributed by atoms with Crippen molar-refractivity contribution in [3.05, 3.63) is 18.3 Å². The molecule has 0 unspecified atom stereocenters. The molecule has 3 N–H and O–H groups in total. The third kappa shape index (κ3) is 1.28. The highest BCUT2D eigenvalue weighted by atomic mass is 16.2. The number of rotatable bonds is 1. The number of hydrogen-bond donors (Lipinski definition) is 2. The number of nitrogens with zero attached hydrogens (tertiary/aromatic N) is 2. The molecule has 68 valence electrons. The summed E-state index contributed by atoms with van der Waals surface area (Å²) in [5.41, 5.74) is 6.21. The molecule has 2 amide bonds. The molecular weight excluding hydrogens is 168 g/mol. The van der Waals surface area contributed by atoms with Gasteiger partial charge in [0.15, 0.2) is 5.82 Å². The van der Waals surface area contributed by atoms with Gasteiger partial charge >= 0.3 is 6.03 Å². The van der Waals surface area contributed by atoms with Gasteiger partial charge in [-0.1, -0.05) is 0 Å². The second-order valence-electron chi connectivity index (χ2n) is 2.80. The van der Waals surface area contributed by atoms with Crippen molar-refractivity contribution in [1.82, 2.24) is 10.3 Å². The maximum atomic E-state index is 11.2. The summed E-state index contributed by atoms with van der Waals surface area (Å²) in [6.07, 6.45) is 1.62. The lowest BCUT2D eigenvalue weighted by molar-refractivity contribution is 0.252. The minimum atomic E-state index is -0.134. The minimum absolute atomic E-state index is 0.134. The molecule has 1 aromatic heterocycles. The first kappa shape index (κ1) is 7.85. The molecule has 0 spiro atoms. The van der Waals surface area contributed by atoms with Crippen LogP contribution >= 0.6 is 0 Å². The van der Waals surface area contributed by atoms with Gasteiger partial charge in [0, 0.05) is 19.3 Å². The Labute approximate surface area is 75.6 Å². The number of pyridine rings is 1. The maximum absolute atomic E-state index is 11.2. The highest BCUT2D eigenvalue weighted by Crippen LogP contribution is 2.20. The molecule has 5 heteroatoms. The third-order valence-corrected chi connectivity index (χ3v) is 1.93. The molecule has 13 heavy (non-hydrogen) atoms. The van der Waals surface area contributed by atoms with Crippen LogP contribution in [-0.4, -0.2) is 24.1 Å². The van der Waals surface area contributed by atoms with Crippen LogP contribution in [0, 0.1) is 0 Å². The zero-order chi connectivity index (χ0) is 9.26. The van der Waals surface area contributed by atoms with Gasteiger partial charge in [-0.3, -0.25) is 4.90 Å². The van der Waals surface area contributed by atoms with Crippen LogP contribution in [0.3, 0.4) is 0 Å². The van der Waals surface area contributed by atoms with Crippen LogP contribution in [0.25, 0.3) is 0 Å². The first-order valence-corrected chi connectivity index (χ1v) is 4.05. The minimum Gasteiger partial charge on any atom is -0.396 e.